The van der Waals surface area contributed by atoms with E-state index in [9.17, 15) is 18.0 Å². The zero-order valence-corrected chi connectivity index (χ0v) is 18.0. The number of sulfonamides is 1. The molecule has 6 nitrogen and oxygen atoms in total. The van der Waals surface area contributed by atoms with Gasteiger partial charge in [0.1, 0.15) is 0 Å². The number of carbonyl (C=O) groups excluding carboxylic acids is 2. The number of para-hydroxylation sites is 1. The van der Waals surface area contributed by atoms with E-state index in [-0.39, 0.29) is 22.3 Å². The number of anilines is 2. The fourth-order valence-corrected chi connectivity index (χ4v) is 5.57. The van der Waals surface area contributed by atoms with Crippen molar-refractivity contribution in [3.8, 4) is 0 Å². The van der Waals surface area contributed by atoms with Crippen molar-refractivity contribution in [2.75, 3.05) is 9.62 Å². The standard InChI is InChI=1S/C24H22N2O4S/c1-16-13-19-7-3-4-12-23(19)26(16)31(29,30)22-11-6-9-20(15-22)24(28)25-21-10-5-8-18(14-21)17(2)27/h3-12,14-16H,13H2,1-2H3,(H,25,28). The quantitative estimate of drug-likeness (QED) is 0.608. The number of nitrogens with zero attached hydrogens (tertiary/aromatic N) is 1. The lowest BCUT2D eigenvalue weighted by Gasteiger charge is -2.24. The molecule has 0 bridgehead atoms. The summed E-state index contributed by atoms with van der Waals surface area (Å²) in [6.07, 6.45) is 0.641. The van der Waals surface area contributed by atoms with E-state index in [0.717, 1.165) is 5.56 Å². The number of hydrogen-bond acceptors (Lipinski definition) is 4. The summed E-state index contributed by atoms with van der Waals surface area (Å²) in [4.78, 5) is 24.4. The van der Waals surface area contributed by atoms with Crippen molar-refractivity contribution in [2.24, 2.45) is 0 Å². The average Bonchev–Trinajstić information content (AvgIpc) is 3.10. The number of ketones is 1. The first-order valence-corrected chi connectivity index (χ1v) is 11.4. The van der Waals surface area contributed by atoms with Crippen LogP contribution in [-0.2, 0) is 16.4 Å². The van der Waals surface area contributed by atoms with Gasteiger partial charge in [-0.1, -0.05) is 36.4 Å². The van der Waals surface area contributed by atoms with E-state index in [4.69, 9.17) is 0 Å². The second-order valence-corrected chi connectivity index (χ2v) is 9.42. The van der Waals surface area contributed by atoms with E-state index in [1.807, 2.05) is 25.1 Å². The molecule has 158 valence electrons. The average molecular weight is 435 g/mol. The number of carbonyl (C=O) groups is 2. The third-order valence-corrected chi connectivity index (χ3v) is 7.25. The van der Waals surface area contributed by atoms with Crippen molar-refractivity contribution in [3.05, 3.63) is 89.5 Å². The maximum absolute atomic E-state index is 13.4. The first-order valence-electron chi connectivity index (χ1n) is 9.92. The van der Waals surface area contributed by atoms with Crippen LogP contribution < -0.4 is 9.62 Å². The Labute approximate surface area is 181 Å². The molecule has 1 unspecified atom stereocenters. The smallest absolute Gasteiger partial charge is 0.264 e. The van der Waals surface area contributed by atoms with E-state index in [2.05, 4.69) is 5.32 Å². The Morgan fingerprint density at radius 3 is 2.42 bits per heavy atom. The highest BCUT2D eigenvalue weighted by molar-refractivity contribution is 7.92. The minimum absolute atomic E-state index is 0.0567. The van der Waals surface area contributed by atoms with Crippen LogP contribution in [0.4, 0.5) is 11.4 Å². The van der Waals surface area contributed by atoms with Gasteiger partial charge in [-0.05, 0) is 62.2 Å². The van der Waals surface area contributed by atoms with Gasteiger partial charge in [0.25, 0.3) is 15.9 Å². The third kappa shape index (κ3) is 3.96. The number of fused-ring (bicyclic) bond motifs is 1. The predicted molar refractivity (Wildman–Crippen MR) is 120 cm³/mol. The molecule has 3 aromatic rings. The molecule has 1 aliphatic heterocycles. The summed E-state index contributed by atoms with van der Waals surface area (Å²) in [6.45, 7) is 3.32. The summed E-state index contributed by atoms with van der Waals surface area (Å²) in [6, 6.07) is 19.8. The van der Waals surface area contributed by atoms with E-state index < -0.39 is 15.9 Å². The molecule has 3 aromatic carbocycles. The van der Waals surface area contributed by atoms with Crippen LogP contribution in [0.2, 0.25) is 0 Å². The molecule has 1 amide bonds. The SMILES string of the molecule is CC(=O)c1cccc(NC(=O)c2cccc(S(=O)(=O)N3c4ccccc4CC3C)c2)c1. The van der Waals surface area contributed by atoms with Gasteiger partial charge in [-0.3, -0.25) is 13.9 Å². The summed E-state index contributed by atoms with van der Waals surface area (Å²) in [7, 11) is -3.84. The highest BCUT2D eigenvalue weighted by Crippen LogP contribution is 2.36. The summed E-state index contributed by atoms with van der Waals surface area (Å²) < 4.78 is 28.3. The second-order valence-electron chi connectivity index (χ2n) is 7.60. The van der Waals surface area contributed by atoms with Gasteiger partial charge >= 0.3 is 0 Å². The van der Waals surface area contributed by atoms with Crippen molar-refractivity contribution in [2.45, 2.75) is 31.2 Å². The molecule has 1 atom stereocenters. The van der Waals surface area contributed by atoms with Gasteiger partial charge in [-0.15, -0.1) is 0 Å². The van der Waals surface area contributed by atoms with Gasteiger partial charge < -0.3 is 5.32 Å². The molecule has 0 saturated carbocycles. The van der Waals surface area contributed by atoms with E-state index in [1.165, 1.54) is 23.4 Å². The largest absolute Gasteiger partial charge is 0.322 e. The highest BCUT2D eigenvalue weighted by Gasteiger charge is 2.36. The summed E-state index contributed by atoms with van der Waals surface area (Å²) >= 11 is 0. The number of nitrogens with one attached hydrogen (secondary N) is 1. The molecule has 0 radical (unpaired) electrons. The lowest BCUT2D eigenvalue weighted by Crippen LogP contribution is -2.35. The first-order chi connectivity index (χ1) is 14.8. The molecule has 7 heteroatoms. The molecule has 0 aliphatic carbocycles. The van der Waals surface area contributed by atoms with Gasteiger partial charge in [0.2, 0.25) is 0 Å². The van der Waals surface area contributed by atoms with Crippen LogP contribution >= 0.6 is 0 Å². The molecule has 1 N–H and O–H groups in total. The topological polar surface area (TPSA) is 83.5 Å². The Balaban J connectivity index is 1.63. The Hall–Kier alpha value is -3.45. The number of Topliss-reactive ketones (excluding diaryl/α,β-unsaturated/α-hetero) is 1. The minimum atomic E-state index is -3.84. The third-order valence-electron chi connectivity index (χ3n) is 5.32. The Morgan fingerprint density at radius 2 is 1.65 bits per heavy atom. The van der Waals surface area contributed by atoms with Crippen LogP contribution in [0.25, 0.3) is 0 Å². The molecule has 0 fully saturated rings. The van der Waals surface area contributed by atoms with Crippen molar-refractivity contribution in [3.63, 3.8) is 0 Å². The maximum atomic E-state index is 13.4. The van der Waals surface area contributed by atoms with Crippen LogP contribution in [0, 0.1) is 0 Å². The Bertz CT molecular complexity index is 1280. The second kappa shape index (κ2) is 8.00. The van der Waals surface area contributed by atoms with E-state index in [1.54, 1.807) is 42.5 Å². The van der Waals surface area contributed by atoms with Crippen LogP contribution in [0.5, 0.6) is 0 Å². The van der Waals surface area contributed by atoms with Crippen LogP contribution in [0.3, 0.4) is 0 Å². The number of rotatable bonds is 5. The first kappa shape index (κ1) is 20.8. The zero-order valence-electron chi connectivity index (χ0n) is 17.2. The number of amides is 1. The normalized spacial score (nSPS) is 15.4. The van der Waals surface area contributed by atoms with Crippen LogP contribution in [-0.4, -0.2) is 26.2 Å². The Kier molecular flexibility index (Phi) is 5.37. The molecular weight excluding hydrogens is 412 g/mol. The van der Waals surface area contributed by atoms with E-state index >= 15 is 0 Å². The van der Waals surface area contributed by atoms with Crippen LogP contribution in [0.1, 0.15) is 40.1 Å². The monoisotopic (exact) mass is 434 g/mol. The molecule has 0 saturated heterocycles. The fraction of sp³-hybridized carbons (Fsp3) is 0.167. The molecule has 1 aliphatic rings. The minimum Gasteiger partial charge on any atom is -0.322 e. The van der Waals surface area contributed by atoms with Gasteiger partial charge in [0, 0.05) is 22.9 Å². The summed E-state index contributed by atoms with van der Waals surface area (Å²) in [5.74, 6) is -0.558. The van der Waals surface area contributed by atoms with Crippen molar-refractivity contribution in [1.29, 1.82) is 0 Å². The maximum Gasteiger partial charge on any atom is 0.264 e. The van der Waals surface area contributed by atoms with Gasteiger partial charge in [-0.25, -0.2) is 8.42 Å². The molecule has 1 heterocycles. The van der Waals surface area contributed by atoms with Crippen LogP contribution in [0.15, 0.2) is 77.7 Å². The van der Waals surface area contributed by atoms with Gasteiger partial charge in [0.05, 0.1) is 10.6 Å². The lowest BCUT2D eigenvalue weighted by atomic mass is 10.1. The molecule has 0 spiro atoms. The number of hydrogen-bond donors (Lipinski definition) is 1. The lowest BCUT2D eigenvalue weighted by molar-refractivity contribution is 0.101. The highest BCUT2D eigenvalue weighted by atomic mass is 32.2. The molecule has 31 heavy (non-hydrogen) atoms. The van der Waals surface area contributed by atoms with E-state index in [0.29, 0.717) is 23.4 Å². The number of benzene rings is 3. The van der Waals surface area contributed by atoms with Gasteiger partial charge in [0.15, 0.2) is 5.78 Å². The zero-order chi connectivity index (χ0) is 22.2. The Morgan fingerprint density at radius 1 is 0.935 bits per heavy atom. The fourth-order valence-electron chi connectivity index (χ4n) is 3.83. The van der Waals surface area contributed by atoms with Crippen molar-refractivity contribution < 1.29 is 18.0 Å². The summed E-state index contributed by atoms with van der Waals surface area (Å²) in [5.41, 5.74) is 2.82. The predicted octanol–water partition coefficient (Wildman–Crippen LogP) is 4.28. The molecular formula is C24H22N2O4S. The summed E-state index contributed by atoms with van der Waals surface area (Å²) in [5, 5.41) is 2.73. The molecule has 4 rings (SSSR count). The van der Waals surface area contributed by atoms with Gasteiger partial charge in [-0.2, -0.15) is 0 Å². The van der Waals surface area contributed by atoms with Crippen molar-refractivity contribution >= 4 is 33.1 Å². The molecule has 0 aromatic heterocycles. The van der Waals surface area contributed by atoms with Crippen molar-refractivity contribution in [1.82, 2.24) is 0 Å².